The van der Waals surface area contributed by atoms with Gasteiger partial charge in [0.2, 0.25) is 12.0 Å². The first-order valence-corrected chi connectivity index (χ1v) is 3.10. The van der Waals surface area contributed by atoms with E-state index in [2.05, 4.69) is 4.94 Å². The smallest absolute Gasteiger partial charge is 0.233 e. The highest BCUT2D eigenvalue weighted by atomic mass is 19.3. The molecule has 8 heteroatoms. The fourth-order valence-electron chi connectivity index (χ4n) is 0.809. The molecule has 2 unspecified atom stereocenters. The van der Waals surface area contributed by atoms with Gasteiger partial charge in [-0.3, -0.25) is 0 Å². The van der Waals surface area contributed by atoms with Crippen molar-refractivity contribution >= 4 is 0 Å². The van der Waals surface area contributed by atoms with Crippen molar-refractivity contribution in [2.24, 2.45) is 0 Å². The van der Waals surface area contributed by atoms with Crippen molar-refractivity contribution < 1.29 is 35.8 Å². The minimum atomic E-state index is -4.61. The van der Waals surface area contributed by atoms with E-state index in [1.54, 1.807) is 0 Å². The van der Waals surface area contributed by atoms with E-state index in [0.29, 0.717) is 0 Å². The van der Waals surface area contributed by atoms with E-state index in [0.717, 1.165) is 0 Å². The van der Waals surface area contributed by atoms with Gasteiger partial charge < -0.3 is 0 Å². The number of hydrogen-bond acceptors (Lipinski definition) is 1. The zero-order valence-corrected chi connectivity index (χ0v) is 6.13. The van der Waals surface area contributed by atoms with E-state index in [4.69, 9.17) is 0 Å². The lowest BCUT2D eigenvalue weighted by molar-refractivity contribution is -0.302. The molecule has 0 bridgehead atoms. The largest absolute Gasteiger partial charge is 0.337 e. The van der Waals surface area contributed by atoms with Gasteiger partial charge in [0.25, 0.3) is 0 Å². The summed E-state index contributed by atoms with van der Waals surface area (Å²) in [4.78, 5) is 2.14. The first kappa shape index (κ1) is 11.0. The van der Waals surface area contributed by atoms with Crippen molar-refractivity contribution in [1.82, 2.24) is 0 Å². The molecule has 1 aliphatic carbocycles. The van der Waals surface area contributed by atoms with Gasteiger partial charge in [0.15, 0.2) is 17.5 Å². The predicted molar refractivity (Wildman–Crippen MR) is 29.4 cm³/mol. The van der Waals surface area contributed by atoms with Crippen molar-refractivity contribution in [1.29, 1.82) is 0 Å². The lowest BCUT2D eigenvalue weighted by Crippen LogP contribution is -2.40. The maximum absolute atomic E-state index is 12.7. The third kappa shape index (κ3) is 1.21. The molecular weight excluding hydrogens is 221 g/mol. The van der Waals surface area contributed by atoms with Crippen LogP contribution in [0.4, 0.5) is 30.9 Å². The van der Waals surface area contributed by atoms with Gasteiger partial charge in [-0.25, -0.2) is 22.0 Å². The minimum Gasteiger partial charge on any atom is -0.233 e. The highest BCUT2D eigenvalue weighted by Crippen LogP contribution is 2.45. The summed E-state index contributed by atoms with van der Waals surface area (Å²) in [6.07, 6.45) is -3.73. The summed E-state index contributed by atoms with van der Waals surface area (Å²) in [6.45, 7) is 0. The molecule has 0 heterocycles. The van der Waals surface area contributed by atoms with Gasteiger partial charge in [-0.2, -0.15) is 4.39 Å². The fourth-order valence-corrected chi connectivity index (χ4v) is 0.809. The first-order chi connectivity index (χ1) is 6.36. The third-order valence-electron chi connectivity index (χ3n) is 1.56. The average molecular weight is 222 g/mol. The zero-order valence-electron chi connectivity index (χ0n) is 6.13. The highest BCUT2D eigenvalue weighted by molar-refractivity contribution is 5.36. The van der Waals surface area contributed by atoms with Crippen LogP contribution >= 0.6 is 0 Å². The molecule has 1 nitrogen and oxygen atoms in total. The van der Waals surface area contributed by atoms with Crippen LogP contribution in [0.25, 0.3) is 0 Å². The summed E-state index contributed by atoms with van der Waals surface area (Å²) in [5, 5.41) is 0. The Bertz CT molecular complexity index is 322. The Labute approximate surface area is 72.4 Å². The van der Waals surface area contributed by atoms with E-state index in [9.17, 15) is 30.9 Å². The van der Waals surface area contributed by atoms with Crippen LogP contribution in [0.5, 0.6) is 0 Å². The van der Waals surface area contributed by atoms with Crippen molar-refractivity contribution in [3.05, 3.63) is 23.3 Å². The SMILES string of the molecule is FOC1(F)C(F)=C(F)C(F)=C(F)C1F. The molecule has 0 aromatic carbocycles. The Hall–Kier alpha value is -1.05. The van der Waals surface area contributed by atoms with Crippen molar-refractivity contribution in [2.45, 2.75) is 12.0 Å². The second kappa shape index (κ2) is 3.26. The Morgan fingerprint density at radius 2 is 1.57 bits per heavy atom. The van der Waals surface area contributed by atoms with Crippen LogP contribution in [0.15, 0.2) is 23.3 Å². The highest BCUT2D eigenvalue weighted by Gasteiger charge is 2.57. The van der Waals surface area contributed by atoms with Gasteiger partial charge in [-0.1, -0.05) is 0 Å². The van der Waals surface area contributed by atoms with Crippen molar-refractivity contribution in [3.63, 3.8) is 0 Å². The molecule has 80 valence electrons. The molecule has 0 amide bonds. The van der Waals surface area contributed by atoms with E-state index in [-0.39, 0.29) is 0 Å². The summed E-state index contributed by atoms with van der Waals surface area (Å²) in [6, 6.07) is 0. The maximum Gasteiger partial charge on any atom is 0.337 e. The van der Waals surface area contributed by atoms with Gasteiger partial charge in [0.1, 0.15) is 0 Å². The molecule has 1 rings (SSSR count). The van der Waals surface area contributed by atoms with E-state index < -0.39 is 35.3 Å². The van der Waals surface area contributed by atoms with Gasteiger partial charge in [0.05, 0.1) is 0 Å². The fraction of sp³-hybridized carbons (Fsp3) is 0.333. The molecule has 0 fully saturated rings. The van der Waals surface area contributed by atoms with Crippen LogP contribution in [-0.2, 0) is 4.94 Å². The normalized spacial score (nSPS) is 34.1. The minimum absolute atomic E-state index is 2.14. The van der Waals surface area contributed by atoms with Crippen LogP contribution in [0.3, 0.4) is 0 Å². The van der Waals surface area contributed by atoms with E-state index >= 15 is 0 Å². The second-order valence-electron chi connectivity index (χ2n) is 2.37. The first-order valence-electron chi connectivity index (χ1n) is 3.10. The third-order valence-corrected chi connectivity index (χ3v) is 1.56. The van der Waals surface area contributed by atoms with Gasteiger partial charge in [-0.05, 0) is 4.53 Å². The molecule has 2 atom stereocenters. The Balaban J connectivity index is 3.33. The van der Waals surface area contributed by atoms with Crippen LogP contribution in [0.2, 0.25) is 0 Å². The van der Waals surface area contributed by atoms with Gasteiger partial charge >= 0.3 is 5.85 Å². The summed E-state index contributed by atoms with van der Waals surface area (Å²) < 4.78 is 85.6. The Kier molecular flexibility index (Phi) is 2.57. The van der Waals surface area contributed by atoms with Crippen LogP contribution < -0.4 is 0 Å². The molecule has 14 heavy (non-hydrogen) atoms. The molecule has 0 N–H and O–H groups in total. The summed E-state index contributed by atoms with van der Waals surface area (Å²) in [7, 11) is 0. The molecule has 1 aliphatic rings. The number of halogens is 7. The molecule has 0 saturated carbocycles. The van der Waals surface area contributed by atoms with Crippen LogP contribution in [0.1, 0.15) is 0 Å². The predicted octanol–water partition coefficient (Wildman–Crippen LogP) is 3.21. The molecule has 0 spiro atoms. The number of allylic oxidation sites excluding steroid dienone is 2. The molecule has 0 aromatic heterocycles. The monoisotopic (exact) mass is 222 g/mol. The summed E-state index contributed by atoms with van der Waals surface area (Å²) in [5.74, 6) is -15.3. The van der Waals surface area contributed by atoms with Crippen LogP contribution in [0, 0.1) is 0 Å². The van der Waals surface area contributed by atoms with E-state index in [1.807, 2.05) is 0 Å². The lowest BCUT2D eigenvalue weighted by atomic mass is 10.0. The topological polar surface area (TPSA) is 9.23 Å². The molecule has 0 radical (unpaired) electrons. The molecule has 0 saturated heterocycles. The Morgan fingerprint density at radius 1 is 1.07 bits per heavy atom. The van der Waals surface area contributed by atoms with Crippen molar-refractivity contribution in [2.75, 3.05) is 0 Å². The molecule has 0 aliphatic heterocycles. The lowest BCUT2D eigenvalue weighted by Gasteiger charge is -2.24. The number of hydrogen-bond donors (Lipinski definition) is 0. The molecule has 0 aromatic rings. The standard InChI is InChI=1S/C6HF7O/c7-1-2(8)4(10)6(12,14-13)5(11)3(1)9/h4H. The van der Waals surface area contributed by atoms with Crippen molar-refractivity contribution in [3.8, 4) is 0 Å². The maximum atomic E-state index is 12.7. The average Bonchev–Trinajstić information content (AvgIpc) is 2.21. The molecular formula is C6HF7O. The number of alkyl halides is 2. The zero-order chi connectivity index (χ0) is 11.1. The number of rotatable bonds is 1. The van der Waals surface area contributed by atoms with Gasteiger partial charge in [0, 0.05) is 0 Å². The van der Waals surface area contributed by atoms with Gasteiger partial charge in [-0.15, -0.1) is 4.94 Å². The Morgan fingerprint density at radius 3 is 2.00 bits per heavy atom. The summed E-state index contributed by atoms with van der Waals surface area (Å²) in [5.41, 5.74) is 0. The quantitative estimate of drug-likeness (QED) is 0.619. The summed E-state index contributed by atoms with van der Waals surface area (Å²) >= 11 is 0. The second-order valence-corrected chi connectivity index (χ2v) is 2.37. The van der Waals surface area contributed by atoms with Crippen LogP contribution in [-0.4, -0.2) is 12.0 Å². The van der Waals surface area contributed by atoms with E-state index in [1.165, 1.54) is 0 Å².